The Hall–Kier alpha value is -2.92. The second-order valence-electron chi connectivity index (χ2n) is 9.06. The number of amides is 1. The molecule has 180 valence electrons. The van der Waals surface area contributed by atoms with Gasteiger partial charge in [0.1, 0.15) is 0 Å². The van der Waals surface area contributed by atoms with Crippen molar-refractivity contribution in [3.05, 3.63) is 53.4 Å². The van der Waals surface area contributed by atoms with Crippen molar-refractivity contribution < 1.29 is 22.0 Å². The third kappa shape index (κ3) is 3.96. The Morgan fingerprint density at radius 2 is 1.76 bits per heavy atom. The molecule has 1 aromatic carbocycles. The highest BCUT2D eigenvalue weighted by molar-refractivity contribution is 7.89. The molecule has 1 aliphatic carbocycles. The van der Waals surface area contributed by atoms with Crippen molar-refractivity contribution in [3.63, 3.8) is 0 Å². The monoisotopic (exact) mass is 489 g/mol. The number of aromatic nitrogens is 3. The van der Waals surface area contributed by atoms with Crippen molar-refractivity contribution in [2.75, 3.05) is 26.2 Å². The van der Waals surface area contributed by atoms with Crippen molar-refractivity contribution in [3.8, 4) is 0 Å². The Morgan fingerprint density at radius 1 is 1.06 bits per heavy atom. The third-order valence-corrected chi connectivity index (χ3v) is 8.25. The molecule has 1 amide bonds. The zero-order valence-corrected chi connectivity index (χ0v) is 19.7. The van der Waals surface area contributed by atoms with Crippen molar-refractivity contribution >= 4 is 27.0 Å². The van der Waals surface area contributed by atoms with Crippen LogP contribution in [0.2, 0.25) is 0 Å². The van der Waals surface area contributed by atoms with Gasteiger partial charge < -0.3 is 4.90 Å². The standard InChI is InChI=1S/C23H25F2N5O3S/c1-14(2)30-22-18(13-26-30)17(12-21(27-22)15-3-4-15)23(31)28-7-9-29(10-8-28)34(32,33)16-5-6-19(24)20(25)11-16/h5-6,11-15H,3-4,7-10H2,1-2H3. The first-order valence-corrected chi connectivity index (χ1v) is 12.7. The van der Waals surface area contributed by atoms with Gasteiger partial charge >= 0.3 is 0 Å². The summed E-state index contributed by atoms with van der Waals surface area (Å²) in [5, 5.41) is 5.11. The molecule has 1 aliphatic heterocycles. The zero-order valence-electron chi connectivity index (χ0n) is 18.9. The number of nitrogens with zero attached hydrogens (tertiary/aromatic N) is 5. The number of hydrogen-bond donors (Lipinski definition) is 0. The fourth-order valence-corrected chi connectivity index (χ4v) is 5.70. The maximum Gasteiger partial charge on any atom is 0.254 e. The molecule has 2 fully saturated rings. The van der Waals surface area contributed by atoms with Crippen molar-refractivity contribution in [1.29, 1.82) is 0 Å². The lowest BCUT2D eigenvalue weighted by Gasteiger charge is -2.34. The number of fused-ring (bicyclic) bond motifs is 1. The lowest BCUT2D eigenvalue weighted by Crippen LogP contribution is -2.50. The summed E-state index contributed by atoms with van der Waals surface area (Å²) in [6, 6.07) is 4.46. The molecule has 2 aromatic heterocycles. The van der Waals surface area contributed by atoms with E-state index in [0.29, 0.717) is 28.6 Å². The Morgan fingerprint density at radius 3 is 2.38 bits per heavy atom. The highest BCUT2D eigenvalue weighted by Crippen LogP contribution is 2.40. The lowest BCUT2D eigenvalue weighted by atomic mass is 10.1. The molecule has 1 saturated carbocycles. The quantitative estimate of drug-likeness (QED) is 0.549. The van der Waals surface area contributed by atoms with E-state index in [1.165, 1.54) is 4.31 Å². The Balaban J connectivity index is 1.38. The van der Waals surface area contributed by atoms with Crippen LogP contribution in [0.1, 0.15) is 54.7 Å². The molecular formula is C23H25F2N5O3S. The summed E-state index contributed by atoms with van der Waals surface area (Å²) in [6.45, 7) is 4.49. The molecule has 0 spiro atoms. The summed E-state index contributed by atoms with van der Waals surface area (Å²) in [5.74, 6) is -2.17. The smallest absolute Gasteiger partial charge is 0.254 e. The fraction of sp³-hybridized carbons (Fsp3) is 0.435. The summed E-state index contributed by atoms with van der Waals surface area (Å²) in [5.41, 5.74) is 2.09. The fourth-order valence-electron chi connectivity index (χ4n) is 4.27. The SMILES string of the molecule is CC(C)n1ncc2c(C(=O)N3CCN(S(=O)(=O)c4ccc(F)c(F)c4)CC3)cc(C3CC3)nc21. The summed E-state index contributed by atoms with van der Waals surface area (Å²) in [7, 11) is -4.00. The minimum atomic E-state index is -4.00. The average Bonchev–Trinajstić information content (AvgIpc) is 3.58. The van der Waals surface area contributed by atoms with Crippen LogP contribution in [0.5, 0.6) is 0 Å². The summed E-state index contributed by atoms with van der Waals surface area (Å²) in [6.07, 6.45) is 3.75. The Labute approximate surface area is 196 Å². The number of benzene rings is 1. The van der Waals surface area contributed by atoms with Gasteiger partial charge in [-0.15, -0.1) is 0 Å². The first-order chi connectivity index (χ1) is 16.2. The first kappa shape index (κ1) is 22.9. The van der Waals surface area contributed by atoms with E-state index in [-0.39, 0.29) is 43.0 Å². The van der Waals surface area contributed by atoms with Crippen LogP contribution < -0.4 is 0 Å². The minimum absolute atomic E-state index is 0.0576. The second kappa shape index (κ2) is 8.38. The minimum Gasteiger partial charge on any atom is -0.336 e. The van der Waals surface area contributed by atoms with Crippen LogP contribution in [0, 0.1) is 11.6 Å². The van der Waals surface area contributed by atoms with E-state index < -0.39 is 21.7 Å². The van der Waals surface area contributed by atoms with E-state index in [2.05, 4.69) is 5.10 Å². The van der Waals surface area contributed by atoms with Gasteiger partial charge in [-0.2, -0.15) is 9.40 Å². The van der Waals surface area contributed by atoms with Crippen LogP contribution in [0.25, 0.3) is 11.0 Å². The van der Waals surface area contributed by atoms with Gasteiger partial charge in [-0.1, -0.05) is 0 Å². The lowest BCUT2D eigenvalue weighted by molar-refractivity contribution is 0.0699. The molecule has 0 radical (unpaired) electrons. The number of carbonyl (C=O) groups is 1. The van der Waals surface area contributed by atoms with Crippen LogP contribution in [0.3, 0.4) is 0 Å². The topological polar surface area (TPSA) is 88.4 Å². The maximum atomic E-state index is 13.6. The summed E-state index contributed by atoms with van der Waals surface area (Å²) < 4.78 is 55.6. The molecule has 3 aromatic rings. The molecule has 5 rings (SSSR count). The first-order valence-electron chi connectivity index (χ1n) is 11.3. The van der Waals surface area contributed by atoms with Gasteiger partial charge in [-0.05, 0) is 51.0 Å². The molecule has 3 heterocycles. The molecule has 0 bridgehead atoms. The van der Waals surface area contributed by atoms with Gasteiger partial charge in [-0.25, -0.2) is 26.9 Å². The number of pyridine rings is 1. The molecule has 11 heteroatoms. The van der Waals surface area contributed by atoms with E-state index in [9.17, 15) is 22.0 Å². The van der Waals surface area contributed by atoms with E-state index in [1.807, 2.05) is 24.6 Å². The molecule has 0 atom stereocenters. The molecule has 34 heavy (non-hydrogen) atoms. The van der Waals surface area contributed by atoms with Crippen LogP contribution in [-0.2, 0) is 10.0 Å². The highest BCUT2D eigenvalue weighted by Gasteiger charge is 2.33. The van der Waals surface area contributed by atoms with Crippen LogP contribution in [-0.4, -0.2) is 64.5 Å². The number of rotatable bonds is 5. The van der Waals surface area contributed by atoms with Crippen LogP contribution in [0.4, 0.5) is 8.78 Å². The van der Waals surface area contributed by atoms with E-state index >= 15 is 0 Å². The van der Waals surface area contributed by atoms with Crippen LogP contribution in [0.15, 0.2) is 35.4 Å². The molecular weight excluding hydrogens is 464 g/mol. The van der Waals surface area contributed by atoms with E-state index in [0.717, 1.165) is 30.7 Å². The van der Waals surface area contributed by atoms with Gasteiger partial charge in [0.2, 0.25) is 10.0 Å². The van der Waals surface area contributed by atoms with Gasteiger partial charge in [0.05, 0.1) is 22.0 Å². The number of halogens is 2. The average molecular weight is 490 g/mol. The normalized spacial score (nSPS) is 17.6. The Kier molecular flexibility index (Phi) is 5.64. The predicted molar refractivity (Wildman–Crippen MR) is 121 cm³/mol. The molecule has 0 N–H and O–H groups in total. The Bertz CT molecular complexity index is 1380. The summed E-state index contributed by atoms with van der Waals surface area (Å²) >= 11 is 0. The van der Waals surface area contributed by atoms with E-state index in [1.54, 1.807) is 11.1 Å². The number of hydrogen-bond acceptors (Lipinski definition) is 5. The zero-order chi connectivity index (χ0) is 24.2. The second-order valence-corrected chi connectivity index (χ2v) is 11.0. The molecule has 1 saturated heterocycles. The summed E-state index contributed by atoms with van der Waals surface area (Å²) in [4.78, 5) is 19.6. The van der Waals surface area contributed by atoms with Gasteiger partial charge in [0.15, 0.2) is 17.3 Å². The van der Waals surface area contributed by atoms with Gasteiger partial charge in [0.25, 0.3) is 5.91 Å². The largest absolute Gasteiger partial charge is 0.336 e. The van der Waals surface area contributed by atoms with Gasteiger partial charge in [0, 0.05) is 43.8 Å². The van der Waals surface area contributed by atoms with E-state index in [4.69, 9.17) is 4.98 Å². The third-order valence-electron chi connectivity index (χ3n) is 6.36. The van der Waals surface area contributed by atoms with Crippen molar-refractivity contribution in [2.45, 2.75) is 43.5 Å². The molecule has 2 aliphatic rings. The maximum absolute atomic E-state index is 13.6. The van der Waals surface area contributed by atoms with Crippen molar-refractivity contribution in [2.24, 2.45) is 0 Å². The van der Waals surface area contributed by atoms with Crippen LogP contribution >= 0.6 is 0 Å². The molecule has 0 unspecified atom stereocenters. The van der Waals surface area contributed by atoms with Gasteiger partial charge in [-0.3, -0.25) is 4.79 Å². The predicted octanol–water partition coefficient (Wildman–Crippen LogP) is 3.31. The highest BCUT2D eigenvalue weighted by atomic mass is 32.2. The molecule has 8 nitrogen and oxygen atoms in total. The van der Waals surface area contributed by atoms with Crippen molar-refractivity contribution in [1.82, 2.24) is 24.0 Å². The number of sulfonamides is 1. The number of piperazine rings is 1. The number of carbonyl (C=O) groups excluding carboxylic acids is 1.